The summed E-state index contributed by atoms with van der Waals surface area (Å²) < 4.78 is 5.45. The first-order chi connectivity index (χ1) is 9.24. The second kappa shape index (κ2) is 4.72. The predicted molar refractivity (Wildman–Crippen MR) is 74.2 cm³/mol. The van der Waals surface area contributed by atoms with Crippen molar-refractivity contribution in [2.75, 3.05) is 13.7 Å². The van der Waals surface area contributed by atoms with E-state index in [1.54, 1.807) is 7.11 Å². The van der Waals surface area contributed by atoms with E-state index in [1.807, 2.05) is 23.1 Å². The van der Waals surface area contributed by atoms with Gasteiger partial charge in [-0.1, -0.05) is 18.2 Å². The Kier molecular flexibility index (Phi) is 3.05. The van der Waals surface area contributed by atoms with Gasteiger partial charge in [0.1, 0.15) is 5.75 Å². The Morgan fingerprint density at radius 1 is 1.42 bits per heavy atom. The molecule has 0 radical (unpaired) electrons. The number of methoxy groups -OCH3 is 1. The molecule has 0 saturated carbocycles. The average Bonchev–Trinajstić information content (AvgIpc) is 2.72. The molecule has 1 fully saturated rings. The fraction of sp³-hybridized carbons (Fsp3) is 0.438. The smallest absolute Gasteiger partial charge is 0.223 e. The lowest BCUT2D eigenvalue weighted by molar-refractivity contribution is -0.128. The van der Waals surface area contributed by atoms with Gasteiger partial charge in [0.05, 0.1) is 7.11 Å². The Bertz CT molecular complexity index is 523. The topological polar surface area (TPSA) is 29.5 Å². The number of amides is 1. The van der Waals surface area contributed by atoms with Crippen molar-refractivity contribution in [2.24, 2.45) is 5.92 Å². The third-order valence-electron chi connectivity index (χ3n) is 4.37. The second-order valence-electron chi connectivity index (χ2n) is 5.37. The lowest BCUT2D eigenvalue weighted by Gasteiger charge is -2.33. The summed E-state index contributed by atoms with van der Waals surface area (Å²) in [6.07, 6.45) is 4.37. The number of rotatable bonds is 3. The van der Waals surface area contributed by atoms with Gasteiger partial charge in [-0.15, -0.1) is 6.58 Å². The number of nitrogens with zero attached hydrogens (tertiary/aromatic N) is 1. The number of carbonyl (C=O) groups excluding carboxylic acids is 1. The first kappa shape index (κ1) is 12.3. The molecule has 1 aromatic carbocycles. The second-order valence-corrected chi connectivity index (χ2v) is 5.37. The summed E-state index contributed by atoms with van der Waals surface area (Å²) in [7, 11) is 1.71. The van der Waals surface area contributed by atoms with Crippen LogP contribution >= 0.6 is 0 Å². The van der Waals surface area contributed by atoms with Crippen LogP contribution < -0.4 is 4.74 Å². The highest BCUT2D eigenvalue weighted by atomic mass is 16.5. The van der Waals surface area contributed by atoms with Crippen LogP contribution in [0.2, 0.25) is 0 Å². The quantitative estimate of drug-likeness (QED) is 0.777. The predicted octanol–water partition coefficient (Wildman–Crippen LogP) is 2.20. The number of hydrogen-bond acceptors (Lipinski definition) is 2. The van der Waals surface area contributed by atoms with Crippen molar-refractivity contribution < 1.29 is 9.53 Å². The molecule has 2 atom stereocenters. The first-order valence-corrected chi connectivity index (χ1v) is 6.79. The molecule has 100 valence electrons. The zero-order valence-corrected chi connectivity index (χ0v) is 11.3. The zero-order valence-electron chi connectivity index (χ0n) is 11.3. The largest absolute Gasteiger partial charge is 0.496 e. The van der Waals surface area contributed by atoms with Crippen LogP contribution in [0.4, 0.5) is 0 Å². The monoisotopic (exact) mass is 257 g/mol. The van der Waals surface area contributed by atoms with E-state index in [-0.39, 0.29) is 5.91 Å². The van der Waals surface area contributed by atoms with Gasteiger partial charge in [0.15, 0.2) is 0 Å². The molecule has 1 saturated heterocycles. The summed E-state index contributed by atoms with van der Waals surface area (Å²) in [5.74, 6) is 1.66. The normalized spacial score (nSPS) is 24.9. The van der Waals surface area contributed by atoms with Gasteiger partial charge in [0.25, 0.3) is 0 Å². The summed E-state index contributed by atoms with van der Waals surface area (Å²) >= 11 is 0. The van der Waals surface area contributed by atoms with Gasteiger partial charge in [0.2, 0.25) is 5.91 Å². The number of hydrogen-bond donors (Lipinski definition) is 0. The SMILES string of the molecule is C=CCN1C(=O)C[C@@H]2Cc3c(cccc3OC)C[C@H]21. The van der Waals surface area contributed by atoms with Crippen LogP contribution in [0.3, 0.4) is 0 Å². The van der Waals surface area contributed by atoms with Crippen molar-refractivity contribution in [1.82, 2.24) is 4.90 Å². The van der Waals surface area contributed by atoms with Gasteiger partial charge < -0.3 is 9.64 Å². The Balaban J connectivity index is 1.93. The Morgan fingerprint density at radius 2 is 2.26 bits per heavy atom. The van der Waals surface area contributed by atoms with E-state index in [0.29, 0.717) is 24.9 Å². The molecule has 0 N–H and O–H groups in total. The van der Waals surface area contributed by atoms with Crippen molar-refractivity contribution in [2.45, 2.75) is 25.3 Å². The number of likely N-dealkylation sites (tertiary alicyclic amines) is 1. The molecular weight excluding hydrogens is 238 g/mol. The highest BCUT2D eigenvalue weighted by Crippen LogP contribution is 2.39. The van der Waals surface area contributed by atoms with Crippen LogP contribution in [0, 0.1) is 5.92 Å². The molecule has 19 heavy (non-hydrogen) atoms. The minimum Gasteiger partial charge on any atom is -0.496 e. The number of ether oxygens (including phenoxy) is 1. The number of carbonyl (C=O) groups is 1. The van der Waals surface area contributed by atoms with E-state index < -0.39 is 0 Å². The summed E-state index contributed by atoms with van der Waals surface area (Å²) in [4.78, 5) is 14.1. The van der Waals surface area contributed by atoms with Crippen molar-refractivity contribution in [3.8, 4) is 5.75 Å². The molecule has 1 aromatic rings. The minimum absolute atomic E-state index is 0.265. The molecule has 3 rings (SSSR count). The van der Waals surface area contributed by atoms with E-state index in [1.165, 1.54) is 11.1 Å². The molecule has 0 unspecified atom stereocenters. The number of benzene rings is 1. The van der Waals surface area contributed by atoms with Crippen LogP contribution in [-0.2, 0) is 17.6 Å². The molecule has 0 bridgehead atoms. The number of fused-ring (bicyclic) bond motifs is 2. The Morgan fingerprint density at radius 3 is 3.00 bits per heavy atom. The van der Waals surface area contributed by atoms with E-state index in [0.717, 1.165) is 18.6 Å². The molecule has 3 nitrogen and oxygen atoms in total. The van der Waals surface area contributed by atoms with Crippen LogP contribution in [0.15, 0.2) is 30.9 Å². The van der Waals surface area contributed by atoms with Gasteiger partial charge in [-0.2, -0.15) is 0 Å². The van der Waals surface area contributed by atoms with Gasteiger partial charge in [0, 0.05) is 19.0 Å². The molecule has 0 aromatic heterocycles. The summed E-state index contributed by atoms with van der Waals surface area (Å²) in [5, 5.41) is 0. The highest BCUT2D eigenvalue weighted by molar-refractivity contribution is 5.80. The molecule has 3 heteroatoms. The van der Waals surface area contributed by atoms with Crippen LogP contribution in [0.5, 0.6) is 5.75 Å². The van der Waals surface area contributed by atoms with E-state index in [4.69, 9.17) is 4.74 Å². The first-order valence-electron chi connectivity index (χ1n) is 6.79. The van der Waals surface area contributed by atoms with Gasteiger partial charge in [-0.25, -0.2) is 0 Å². The molecule has 2 aliphatic rings. The van der Waals surface area contributed by atoms with E-state index in [9.17, 15) is 4.79 Å². The maximum atomic E-state index is 12.1. The van der Waals surface area contributed by atoms with Crippen molar-refractivity contribution in [1.29, 1.82) is 0 Å². The molecule has 1 aliphatic heterocycles. The van der Waals surface area contributed by atoms with Gasteiger partial charge >= 0.3 is 0 Å². The van der Waals surface area contributed by atoms with Crippen molar-refractivity contribution >= 4 is 5.91 Å². The average molecular weight is 257 g/mol. The van der Waals surface area contributed by atoms with Gasteiger partial charge in [-0.05, 0) is 36.0 Å². The molecule has 1 aliphatic carbocycles. The molecule has 1 heterocycles. The lowest BCUT2D eigenvalue weighted by atomic mass is 9.80. The lowest BCUT2D eigenvalue weighted by Crippen LogP contribution is -2.39. The van der Waals surface area contributed by atoms with E-state index >= 15 is 0 Å². The highest BCUT2D eigenvalue weighted by Gasteiger charge is 2.42. The van der Waals surface area contributed by atoms with E-state index in [2.05, 4.69) is 12.6 Å². The summed E-state index contributed by atoms with van der Waals surface area (Å²) in [6, 6.07) is 6.54. The van der Waals surface area contributed by atoms with Crippen LogP contribution in [0.1, 0.15) is 17.5 Å². The minimum atomic E-state index is 0.265. The standard InChI is InChI=1S/C16H19NO2/c1-3-7-17-14-9-11-5-4-6-15(19-2)13(11)8-12(14)10-16(17)18/h3-6,12,14H,1,7-10H2,2H3/t12-,14+/m0/s1. The van der Waals surface area contributed by atoms with Crippen LogP contribution in [0.25, 0.3) is 0 Å². The van der Waals surface area contributed by atoms with Crippen LogP contribution in [-0.4, -0.2) is 30.5 Å². The third-order valence-corrected chi connectivity index (χ3v) is 4.37. The maximum Gasteiger partial charge on any atom is 0.223 e. The summed E-state index contributed by atoms with van der Waals surface area (Å²) in [6.45, 7) is 4.42. The van der Waals surface area contributed by atoms with Crippen molar-refractivity contribution in [3.63, 3.8) is 0 Å². The maximum absolute atomic E-state index is 12.1. The third kappa shape index (κ3) is 1.93. The molecule has 0 spiro atoms. The van der Waals surface area contributed by atoms with Gasteiger partial charge in [-0.3, -0.25) is 4.79 Å². The Labute approximate surface area is 113 Å². The Hall–Kier alpha value is -1.77. The fourth-order valence-electron chi connectivity index (χ4n) is 3.49. The fourth-order valence-corrected chi connectivity index (χ4v) is 3.49. The molecule has 1 amide bonds. The van der Waals surface area contributed by atoms with Crippen molar-refractivity contribution in [3.05, 3.63) is 42.0 Å². The zero-order chi connectivity index (χ0) is 13.4. The summed E-state index contributed by atoms with van der Waals surface area (Å²) in [5.41, 5.74) is 2.61. The molecular formula is C16H19NO2.